The Morgan fingerprint density at radius 3 is 1.20 bits per heavy atom. The van der Waals surface area contributed by atoms with Gasteiger partial charge in [0.05, 0.1) is 11.9 Å². The molecule has 0 N–H and O–H groups in total. The minimum Gasteiger partial charge on any atom is -0.216 e. The fourth-order valence-electron chi connectivity index (χ4n) is 0.710. The van der Waals surface area contributed by atoms with Gasteiger partial charge in [0.25, 0.3) is 0 Å². The highest BCUT2D eigenvalue weighted by Gasteiger charge is 2.72. The molecule has 0 fully saturated rings. The molecule has 0 aromatic carbocycles. The molecule has 0 heterocycles. The zero-order valence-electron chi connectivity index (χ0n) is 11.3. The van der Waals surface area contributed by atoms with Gasteiger partial charge >= 0.3 is 30.4 Å². The first kappa shape index (κ1) is 25.7. The van der Waals surface area contributed by atoms with Gasteiger partial charge < -0.3 is 0 Å². The van der Waals surface area contributed by atoms with Crippen LogP contribution < -0.4 is 0 Å². The molecule has 0 atom stereocenters. The summed E-state index contributed by atoms with van der Waals surface area (Å²) in [6, 6.07) is 0. The van der Waals surface area contributed by atoms with Crippen molar-refractivity contribution in [2.75, 3.05) is 0 Å². The Morgan fingerprint density at radius 1 is 0.680 bits per heavy atom. The maximum absolute atomic E-state index is 11.9. The zero-order chi connectivity index (χ0) is 21.1. The molecule has 150 valence electrons. The van der Waals surface area contributed by atoms with E-state index in [1.54, 1.807) is 0 Å². The molecule has 0 aromatic heterocycles. The zero-order valence-corrected chi connectivity index (χ0v) is 11.3. The fraction of sp³-hybridized carbons (Fsp3) is 0.600. The molecule has 15 heteroatoms. The molecule has 0 saturated carbocycles. The smallest absolute Gasteiger partial charge is 0.216 e. The fourth-order valence-corrected chi connectivity index (χ4v) is 0.710. The molecule has 0 aliphatic rings. The van der Waals surface area contributed by atoms with E-state index in [9.17, 15) is 65.9 Å². The second-order valence-electron chi connectivity index (χ2n) is 3.92. The van der Waals surface area contributed by atoms with Crippen molar-refractivity contribution in [1.82, 2.24) is 0 Å². The third kappa shape index (κ3) is 7.05. The van der Waals surface area contributed by atoms with E-state index in [4.69, 9.17) is 0 Å². The lowest BCUT2D eigenvalue weighted by molar-refractivity contribution is -0.341. The Labute approximate surface area is 128 Å². The summed E-state index contributed by atoms with van der Waals surface area (Å²) in [6.07, 6.45) is -19.5. The monoisotopic (exact) mass is 410 g/mol. The third-order valence-electron chi connectivity index (χ3n) is 2.05. The van der Waals surface area contributed by atoms with E-state index in [-0.39, 0.29) is 6.92 Å². The Bertz CT molecular complexity index is 462. The highest BCUT2D eigenvalue weighted by molar-refractivity contribution is 5.14. The highest BCUT2D eigenvalue weighted by Crippen LogP contribution is 2.47. The van der Waals surface area contributed by atoms with Crippen molar-refractivity contribution in [3.63, 3.8) is 0 Å². The van der Waals surface area contributed by atoms with E-state index < -0.39 is 54.2 Å². The first-order chi connectivity index (χ1) is 10.6. The Hall–Kier alpha value is -1.57. The average Bonchev–Trinajstić information content (AvgIpc) is 2.33. The van der Waals surface area contributed by atoms with Crippen LogP contribution in [0.15, 0.2) is 23.8 Å². The molecule has 0 nitrogen and oxygen atoms in total. The highest BCUT2D eigenvalue weighted by atomic mass is 19.4. The lowest BCUT2D eigenvalue weighted by Crippen LogP contribution is -2.50. The molecule has 0 spiro atoms. The van der Waals surface area contributed by atoms with E-state index in [2.05, 4.69) is 0 Å². The van der Waals surface area contributed by atoms with Gasteiger partial charge in [-0.05, 0) is 6.92 Å². The average molecular weight is 410 g/mol. The van der Waals surface area contributed by atoms with E-state index in [0.717, 1.165) is 0 Å². The summed E-state index contributed by atoms with van der Waals surface area (Å²) in [6.45, 7) is 0.0306. The van der Waals surface area contributed by atoms with Gasteiger partial charge in [0, 0.05) is 6.08 Å². The van der Waals surface area contributed by atoms with Crippen molar-refractivity contribution in [2.24, 2.45) is 0 Å². The van der Waals surface area contributed by atoms with Gasteiger partial charge in [0.15, 0.2) is 0 Å². The normalized spacial score (nSPS) is 15.7. The molecule has 0 unspecified atom stereocenters. The number of alkyl halides is 13. The molecule has 0 saturated heterocycles. The second kappa shape index (κ2) is 7.76. The minimum absolute atomic E-state index is 0.0306. The van der Waals surface area contributed by atoms with Crippen molar-refractivity contribution in [2.45, 2.75) is 37.3 Å². The van der Waals surface area contributed by atoms with E-state index in [0.29, 0.717) is 0 Å². The predicted octanol–water partition coefficient (Wildman–Crippen LogP) is 6.66. The number of hydrogen-bond donors (Lipinski definition) is 0. The molecular formula is C10H5F15. The Balaban J connectivity index is 0. The van der Waals surface area contributed by atoms with Crippen LogP contribution in [-0.2, 0) is 0 Å². The first-order valence-corrected chi connectivity index (χ1v) is 5.24. The van der Waals surface area contributed by atoms with Crippen LogP contribution in [0.3, 0.4) is 0 Å². The van der Waals surface area contributed by atoms with Gasteiger partial charge in [-0.2, -0.15) is 57.1 Å². The number of rotatable bonds is 2. The van der Waals surface area contributed by atoms with Gasteiger partial charge in [-0.3, -0.25) is 0 Å². The molecule has 0 aromatic rings. The molecule has 0 aliphatic heterocycles. The molecule has 0 amide bonds. The van der Waals surface area contributed by atoms with Crippen LogP contribution in [0.2, 0.25) is 0 Å². The summed E-state index contributed by atoms with van der Waals surface area (Å²) < 4.78 is 172. The molecule has 0 aliphatic carbocycles. The van der Waals surface area contributed by atoms with Crippen molar-refractivity contribution in [3.05, 3.63) is 23.8 Å². The molecule has 0 radical (unpaired) electrons. The summed E-state index contributed by atoms with van der Waals surface area (Å²) in [7, 11) is 0. The van der Waals surface area contributed by atoms with Gasteiger partial charge in [0.2, 0.25) is 5.83 Å². The summed E-state index contributed by atoms with van der Waals surface area (Å²) in [4.78, 5) is 0. The standard InChI is InChI=1S/C5H2F8.C5H3F7/c6-2-1-3(7,8)4(9,10)5(11,12)13;1-2(4(7,8)9)3(6)5(10,11)12/h1-2H;1H3/b2-1-;3-2+. The summed E-state index contributed by atoms with van der Waals surface area (Å²) >= 11 is 0. The second-order valence-corrected chi connectivity index (χ2v) is 3.92. The van der Waals surface area contributed by atoms with Gasteiger partial charge in [0.1, 0.15) is 0 Å². The van der Waals surface area contributed by atoms with Crippen LogP contribution in [0.5, 0.6) is 0 Å². The van der Waals surface area contributed by atoms with Crippen molar-refractivity contribution >= 4 is 0 Å². The van der Waals surface area contributed by atoms with Gasteiger partial charge in [-0.15, -0.1) is 0 Å². The predicted molar refractivity (Wildman–Crippen MR) is 52.1 cm³/mol. The quantitative estimate of drug-likeness (QED) is 0.447. The van der Waals surface area contributed by atoms with Gasteiger partial charge in [-0.25, -0.2) is 8.78 Å². The Kier molecular flexibility index (Phi) is 7.97. The van der Waals surface area contributed by atoms with Crippen molar-refractivity contribution in [1.29, 1.82) is 0 Å². The van der Waals surface area contributed by atoms with Crippen LogP contribution >= 0.6 is 0 Å². The number of allylic oxidation sites excluding steroid dienone is 3. The lowest BCUT2D eigenvalue weighted by Gasteiger charge is -2.25. The van der Waals surface area contributed by atoms with Crippen LogP contribution in [0.1, 0.15) is 6.92 Å². The summed E-state index contributed by atoms with van der Waals surface area (Å²) in [5.41, 5.74) is -2.27. The lowest BCUT2D eigenvalue weighted by atomic mass is 10.1. The van der Waals surface area contributed by atoms with Crippen LogP contribution in [0, 0.1) is 0 Å². The summed E-state index contributed by atoms with van der Waals surface area (Å²) in [5, 5.41) is 0. The van der Waals surface area contributed by atoms with E-state index >= 15 is 0 Å². The SMILES string of the molecule is C/C(=C(\F)C(F)(F)F)C(F)(F)F.F/C=C\C(F)(F)C(F)(F)C(F)(F)F. The third-order valence-corrected chi connectivity index (χ3v) is 2.05. The minimum atomic E-state index is -6.42. The van der Waals surface area contributed by atoms with E-state index in [1.807, 2.05) is 0 Å². The molecule has 0 bridgehead atoms. The molecule has 0 rings (SSSR count). The topological polar surface area (TPSA) is 0 Å². The number of halogens is 15. The maximum atomic E-state index is 11.9. The molecular weight excluding hydrogens is 405 g/mol. The maximum Gasteiger partial charge on any atom is 0.460 e. The number of hydrogen-bond acceptors (Lipinski definition) is 0. The van der Waals surface area contributed by atoms with Gasteiger partial charge in [-0.1, -0.05) is 0 Å². The largest absolute Gasteiger partial charge is 0.460 e. The molecule has 25 heavy (non-hydrogen) atoms. The van der Waals surface area contributed by atoms with Crippen molar-refractivity contribution < 1.29 is 65.9 Å². The van der Waals surface area contributed by atoms with Crippen LogP contribution in [0.4, 0.5) is 65.9 Å². The Morgan fingerprint density at radius 2 is 1.04 bits per heavy atom. The van der Waals surface area contributed by atoms with Crippen LogP contribution in [0.25, 0.3) is 0 Å². The van der Waals surface area contributed by atoms with Crippen molar-refractivity contribution in [3.8, 4) is 0 Å². The summed E-state index contributed by atoms with van der Waals surface area (Å²) in [5.74, 6) is -15.0. The first-order valence-electron chi connectivity index (χ1n) is 5.24. The van der Waals surface area contributed by atoms with E-state index in [1.165, 1.54) is 0 Å². The van der Waals surface area contributed by atoms with Crippen LogP contribution in [-0.4, -0.2) is 30.4 Å².